The van der Waals surface area contributed by atoms with Crippen LogP contribution in [0.3, 0.4) is 0 Å². The van der Waals surface area contributed by atoms with Gasteiger partial charge in [-0.2, -0.15) is 0 Å². The Hall–Kier alpha value is -1.06. The minimum absolute atomic E-state index is 0. The van der Waals surface area contributed by atoms with E-state index in [0.29, 0.717) is 11.7 Å². The van der Waals surface area contributed by atoms with Gasteiger partial charge in [-0.15, -0.1) is 12.4 Å². The van der Waals surface area contributed by atoms with Gasteiger partial charge in [-0.25, -0.2) is 0 Å². The fraction of sp³-hybridized carbons (Fsp3) is 0.500. The lowest BCUT2D eigenvalue weighted by Crippen LogP contribution is -2.18. The first-order valence-corrected chi connectivity index (χ1v) is 6.21. The molecule has 2 N–H and O–H groups in total. The Balaban J connectivity index is 0.00000162. The van der Waals surface area contributed by atoms with Crippen molar-refractivity contribution in [1.82, 2.24) is 0 Å². The summed E-state index contributed by atoms with van der Waals surface area (Å²) in [4.78, 5) is 10.8. The van der Waals surface area contributed by atoms with E-state index >= 15 is 0 Å². The number of hydrogen-bond donors (Lipinski definition) is 1. The highest BCUT2D eigenvalue weighted by molar-refractivity contribution is 5.85. The molecule has 2 rings (SSSR count). The van der Waals surface area contributed by atoms with Crippen LogP contribution in [0.2, 0.25) is 0 Å². The molecule has 1 fully saturated rings. The van der Waals surface area contributed by atoms with Crippen LogP contribution in [0.5, 0.6) is 5.75 Å². The van der Waals surface area contributed by atoms with Crippen LogP contribution < -0.4 is 10.5 Å². The fourth-order valence-electron chi connectivity index (χ4n) is 2.51. The number of ether oxygens (including phenoxy) is 1. The third kappa shape index (κ3) is 3.72. The van der Waals surface area contributed by atoms with Crippen LogP contribution in [0.4, 0.5) is 0 Å². The smallest absolute Gasteiger partial charge is 0.308 e. The first kappa shape index (κ1) is 15.0. The normalized spacial score (nSPS) is 17.0. The molecule has 0 bridgehead atoms. The minimum atomic E-state index is -0.294. The van der Waals surface area contributed by atoms with Gasteiger partial charge in [0.15, 0.2) is 0 Å². The zero-order chi connectivity index (χ0) is 12.3. The van der Waals surface area contributed by atoms with Crippen LogP contribution in [0.1, 0.15) is 44.2 Å². The highest BCUT2D eigenvalue weighted by Crippen LogP contribution is 2.34. The maximum atomic E-state index is 10.8. The van der Waals surface area contributed by atoms with Crippen molar-refractivity contribution in [2.24, 2.45) is 11.7 Å². The van der Waals surface area contributed by atoms with Crippen molar-refractivity contribution < 1.29 is 9.53 Å². The van der Waals surface area contributed by atoms with E-state index in [4.69, 9.17) is 10.5 Å². The molecule has 1 saturated carbocycles. The lowest BCUT2D eigenvalue weighted by molar-refractivity contribution is -0.131. The Morgan fingerprint density at radius 2 is 1.83 bits per heavy atom. The lowest BCUT2D eigenvalue weighted by Gasteiger charge is -2.19. The molecule has 18 heavy (non-hydrogen) atoms. The standard InChI is InChI=1S/C14H19NO2.ClH/c1-10(16)17-13-8-6-12(7-9-13)14(15)11-4-2-3-5-11;/h6-9,11,14H,2-5,15H2,1H3;1H/t14-;/m0./s1. The first-order chi connectivity index (χ1) is 8.16. The van der Waals surface area contributed by atoms with E-state index in [-0.39, 0.29) is 24.4 Å². The second-order valence-corrected chi connectivity index (χ2v) is 4.73. The molecule has 3 nitrogen and oxygen atoms in total. The third-order valence-corrected chi connectivity index (χ3v) is 3.43. The lowest BCUT2D eigenvalue weighted by atomic mass is 9.92. The monoisotopic (exact) mass is 269 g/mol. The van der Waals surface area contributed by atoms with Gasteiger partial charge in [0.05, 0.1) is 0 Å². The molecule has 0 aromatic heterocycles. The molecule has 0 heterocycles. The van der Waals surface area contributed by atoms with Crippen molar-refractivity contribution in [1.29, 1.82) is 0 Å². The van der Waals surface area contributed by atoms with Crippen LogP contribution in [0, 0.1) is 5.92 Å². The first-order valence-electron chi connectivity index (χ1n) is 6.21. The van der Waals surface area contributed by atoms with E-state index in [1.54, 1.807) is 0 Å². The fourth-order valence-corrected chi connectivity index (χ4v) is 2.51. The quantitative estimate of drug-likeness (QED) is 0.677. The van der Waals surface area contributed by atoms with E-state index in [9.17, 15) is 4.79 Å². The largest absolute Gasteiger partial charge is 0.427 e. The molecule has 1 aromatic rings. The number of rotatable bonds is 3. The van der Waals surface area contributed by atoms with Gasteiger partial charge in [-0.05, 0) is 36.5 Å². The summed E-state index contributed by atoms with van der Waals surface area (Å²) in [6, 6.07) is 7.66. The molecule has 0 aliphatic heterocycles. The molecular formula is C14H20ClNO2. The maximum Gasteiger partial charge on any atom is 0.308 e. The van der Waals surface area contributed by atoms with Gasteiger partial charge in [0.1, 0.15) is 5.75 Å². The number of hydrogen-bond acceptors (Lipinski definition) is 3. The molecule has 0 unspecified atom stereocenters. The zero-order valence-corrected chi connectivity index (χ0v) is 11.4. The summed E-state index contributed by atoms with van der Waals surface area (Å²) in [5.74, 6) is 0.896. The van der Waals surface area contributed by atoms with Crippen LogP contribution in [0.25, 0.3) is 0 Å². The van der Waals surface area contributed by atoms with Gasteiger partial charge in [0, 0.05) is 13.0 Å². The topological polar surface area (TPSA) is 52.3 Å². The van der Waals surface area contributed by atoms with Gasteiger partial charge in [0.25, 0.3) is 0 Å². The van der Waals surface area contributed by atoms with E-state index < -0.39 is 0 Å². The van der Waals surface area contributed by atoms with Crippen molar-refractivity contribution in [3.05, 3.63) is 29.8 Å². The SMILES string of the molecule is CC(=O)Oc1ccc([C@@H](N)C2CCCC2)cc1.Cl. The van der Waals surface area contributed by atoms with Crippen molar-refractivity contribution in [2.45, 2.75) is 38.6 Å². The second kappa shape index (κ2) is 6.76. The molecule has 100 valence electrons. The molecule has 4 heteroatoms. The van der Waals surface area contributed by atoms with E-state index in [1.807, 2.05) is 24.3 Å². The number of carbonyl (C=O) groups excluding carboxylic acids is 1. The summed E-state index contributed by atoms with van der Waals surface area (Å²) in [5.41, 5.74) is 7.38. The number of benzene rings is 1. The minimum Gasteiger partial charge on any atom is -0.427 e. The highest BCUT2D eigenvalue weighted by atomic mass is 35.5. The van der Waals surface area contributed by atoms with Crippen molar-refractivity contribution in [2.75, 3.05) is 0 Å². The highest BCUT2D eigenvalue weighted by Gasteiger charge is 2.23. The van der Waals surface area contributed by atoms with Crippen molar-refractivity contribution >= 4 is 18.4 Å². The van der Waals surface area contributed by atoms with Crippen LogP contribution >= 0.6 is 12.4 Å². The number of esters is 1. The molecule has 0 radical (unpaired) electrons. The Morgan fingerprint density at radius 1 is 1.28 bits per heavy atom. The third-order valence-electron chi connectivity index (χ3n) is 3.43. The number of halogens is 1. The molecule has 1 aliphatic rings. The summed E-state index contributed by atoms with van der Waals surface area (Å²) in [6.45, 7) is 1.40. The zero-order valence-electron chi connectivity index (χ0n) is 10.6. The van der Waals surface area contributed by atoms with Crippen LogP contribution in [-0.2, 0) is 4.79 Å². The second-order valence-electron chi connectivity index (χ2n) is 4.73. The Bertz CT molecular complexity index is 385. The molecule has 1 aromatic carbocycles. The van der Waals surface area contributed by atoms with Gasteiger partial charge in [-0.3, -0.25) is 4.79 Å². The molecule has 0 spiro atoms. The molecule has 1 atom stereocenters. The predicted molar refractivity (Wildman–Crippen MR) is 73.9 cm³/mol. The summed E-state index contributed by atoms with van der Waals surface area (Å²) < 4.78 is 4.99. The summed E-state index contributed by atoms with van der Waals surface area (Å²) in [6.07, 6.45) is 5.05. The Labute approximate surface area is 114 Å². The summed E-state index contributed by atoms with van der Waals surface area (Å²) in [7, 11) is 0. The van der Waals surface area contributed by atoms with E-state index in [0.717, 1.165) is 5.56 Å². The Morgan fingerprint density at radius 3 is 2.33 bits per heavy atom. The average Bonchev–Trinajstić information content (AvgIpc) is 2.82. The maximum absolute atomic E-state index is 10.8. The van der Waals surface area contributed by atoms with Gasteiger partial charge < -0.3 is 10.5 Å². The predicted octanol–water partition coefficient (Wildman–Crippen LogP) is 3.22. The van der Waals surface area contributed by atoms with Crippen LogP contribution in [0.15, 0.2) is 24.3 Å². The van der Waals surface area contributed by atoms with E-state index in [2.05, 4.69) is 0 Å². The molecular weight excluding hydrogens is 250 g/mol. The van der Waals surface area contributed by atoms with Crippen LogP contribution in [-0.4, -0.2) is 5.97 Å². The Kier molecular flexibility index (Phi) is 5.63. The van der Waals surface area contributed by atoms with Crippen molar-refractivity contribution in [3.8, 4) is 5.75 Å². The summed E-state index contributed by atoms with van der Waals surface area (Å²) in [5, 5.41) is 0. The summed E-state index contributed by atoms with van der Waals surface area (Å²) >= 11 is 0. The molecule has 0 saturated heterocycles. The van der Waals surface area contributed by atoms with Gasteiger partial charge >= 0.3 is 5.97 Å². The van der Waals surface area contributed by atoms with Gasteiger partial charge in [-0.1, -0.05) is 25.0 Å². The number of nitrogens with two attached hydrogens (primary N) is 1. The van der Waals surface area contributed by atoms with Crippen molar-refractivity contribution in [3.63, 3.8) is 0 Å². The average molecular weight is 270 g/mol. The molecule has 0 amide bonds. The van der Waals surface area contributed by atoms with Gasteiger partial charge in [0.2, 0.25) is 0 Å². The molecule has 1 aliphatic carbocycles. The van der Waals surface area contributed by atoms with E-state index in [1.165, 1.54) is 32.6 Å². The number of carbonyl (C=O) groups is 1.